The van der Waals surface area contributed by atoms with Crippen LogP contribution in [0.5, 0.6) is 0 Å². The molecule has 2 bridgehead atoms. The number of benzene rings is 1. The first-order valence-corrected chi connectivity index (χ1v) is 9.51. The zero-order chi connectivity index (χ0) is 16.7. The van der Waals surface area contributed by atoms with E-state index in [-0.39, 0.29) is 30.0 Å². The van der Waals surface area contributed by atoms with E-state index in [1.54, 1.807) is 0 Å². The molecule has 2 aliphatic heterocycles. The summed E-state index contributed by atoms with van der Waals surface area (Å²) in [5.41, 5.74) is 1.47. The van der Waals surface area contributed by atoms with Crippen LogP contribution in [0.3, 0.4) is 0 Å². The molecule has 2 aliphatic rings. The van der Waals surface area contributed by atoms with Crippen LogP contribution >= 0.6 is 11.3 Å². The van der Waals surface area contributed by atoms with Gasteiger partial charge in [-0.05, 0) is 25.7 Å². The quantitative estimate of drug-likeness (QED) is 0.924. The number of hydrogen-bond donors (Lipinski definition) is 1. The number of nitrogens with zero attached hydrogens (tertiary/aromatic N) is 2. The molecule has 0 aliphatic carbocycles. The predicted octanol–water partition coefficient (Wildman–Crippen LogP) is 3.58. The average Bonchev–Trinajstić information content (AvgIpc) is 3.35. The molecule has 4 rings (SSSR count). The van der Waals surface area contributed by atoms with Crippen molar-refractivity contribution in [1.29, 1.82) is 0 Å². The van der Waals surface area contributed by atoms with Crippen molar-refractivity contribution in [3.05, 3.63) is 41.4 Å². The molecule has 3 heterocycles. The fourth-order valence-corrected chi connectivity index (χ4v) is 5.28. The topological polar surface area (TPSA) is 53.4 Å². The number of amides is 1. The summed E-state index contributed by atoms with van der Waals surface area (Å²) < 4.78 is 0. The van der Waals surface area contributed by atoms with Gasteiger partial charge in [-0.2, -0.15) is 0 Å². The summed E-state index contributed by atoms with van der Waals surface area (Å²) in [7, 11) is 0. The third-order valence-corrected chi connectivity index (χ3v) is 6.74. The minimum atomic E-state index is -0.114. The maximum absolute atomic E-state index is 13.1. The average molecular weight is 342 g/mol. The van der Waals surface area contributed by atoms with E-state index in [0.717, 1.165) is 36.3 Å². The van der Waals surface area contributed by atoms with Gasteiger partial charge in [-0.3, -0.25) is 4.79 Å². The Labute approximate surface area is 146 Å². The second kappa shape index (κ2) is 5.97. The molecule has 0 radical (unpaired) electrons. The summed E-state index contributed by atoms with van der Waals surface area (Å²) in [5, 5.41) is 12.7. The highest BCUT2D eigenvalue weighted by Crippen LogP contribution is 2.51. The standard InChI is InChI=1S/C19H22N2O2S/c1-2-19(12-22)10-14-8-9-16(19)21(14)18(23)15-11-24-17(20-15)13-6-4-3-5-7-13/h3-7,11,14,16,22H,2,8-10,12H2,1H3/t14-,16+,19-/m0/s1. The Balaban J connectivity index is 1.60. The summed E-state index contributed by atoms with van der Waals surface area (Å²) >= 11 is 1.52. The minimum absolute atomic E-state index is 0.0321. The molecule has 0 unspecified atom stereocenters. The van der Waals surface area contributed by atoms with Crippen molar-refractivity contribution in [2.24, 2.45) is 5.41 Å². The largest absolute Gasteiger partial charge is 0.396 e. The van der Waals surface area contributed by atoms with Crippen molar-refractivity contribution < 1.29 is 9.90 Å². The first kappa shape index (κ1) is 15.8. The Bertz CT molecular complexity index is 739. The smallest absolute Gasteiger partial charge is 0.273 e. The predicted molar refractivity (Wildman–Crippen MR) is 95.0 cm³/mol. The van der Waals surface area contributed by atoms with Gasteiger partial charge in [0.2, 0.25) is 0 Å². The Morgan fingerprint density at radius 3 is 2.83 bits per heavy atom. The lowest BCUT2D eigenvalue weighted by Crippen LogP contribution is -2.42. The summed E-state index contributed by atoms with van der Waals surface area (Å²) in [6.07, 6.45) is 3.89. The van der Waals surface area contributed by atoms with Crippen LogP contribution in [0, 0.1) is 5.41 Å². The van der Waals surface area contributed by atoms with E-state index in [2.05, 4.69) is 11.9 Å². The fourth-order valence-electron chi connectivity index (χ4n) is 4.48. The Morgan fingerprint density at radius 2 is 2.17 bits per heavy atom. The molecule has 2 aromatic rings. The van der Waals surface area contributed by atoms with Crippen molar-refractivity contribution in [3.8, 4) is 10.6 Å². The van der Waals surface area contributed by atoms with Crippen molar-refractivity contribution in [1.82, 2.24) is 9.88 Å². The van der Waals surface area contributed by atoms with Crippen LogP contribution < -0.4 is 0 Å². The lowest BCUT2D eigenvalue weighted by Gasteiger charge is -2.34. The molecular formula is C19H22N2O2S. The van der Waals surface area contributed by atoms with Gasteiger partial charge in [0.05, 0.1) is 6.61 Å². The molecule has 1 aromatic heterocycles. The van der Waals surface area contributed by atoms with Gasteiger partial charge in [0.1, 0.15) is 10.7 Å². The molecule has 24 heavy (non-hydrogen) atoms. The summed E-state index contributed by atoms with van der Waals surface area (Å²) in [4.78, 5) is 19.7. The Hall–Kier alpha value is -1.72. The zero-order valence-corrected chi connectivity index (χ0v) is 14.6. The number of aromatic nitrogens is 1. The number of aliphatic hydroxyl groups is 1. The van der Waals surface area contributed by atoms with Crippen molar-refractivity contribution in [3.63, 3.8) is 0 Å². The second-order valence-corrected chi connectivity index (χ2v) is 7.80. The highest BCUT2D eigenvalue weighted by molar-refractivity contribution is 7.13. The molecule has 126 valence electrons. The van der Waals surface area contributed by atoms with Crippen LogP contribution in [-0.4, -0.2) is 39.6 Å². The lowest BCUT2D eigenvalue weighted by molar-refractivity contribution is 0.0553. The minimum Gasteiger partial charge on any atom is -0.396 e. The van der Waals surface area contributed by atoms with Crippen LogP contribution in [-0.2, 0) is 0 Å². The molecule has 1 N–H and O–H groups in total. The van der Waals surface area contributed by atoms with Crippen molar-refractivity contribution in [2.75, 3.05) is 6.61 Å². The summed E-state index contributed by atoms with van der Waals surface area (Å²) in [6.45, 7) is 2.29. The van der Waals surface area contributed by atoms with Crippen LogP contribution in [0.15, 0.2) is 35.7 Å². The molecule has 5 heteroatoms. The second-order valence-electron chi connectivity index (χ2n) is 6.94. The summed E-state index contributed by atoms with van der Waals surface area (Å²) in [6, 6.07) is 10.4. The van der Waals surface area contributed by atoms with E-state index in [1.165, 1.54) is 11.3 Å². The number of carbonyl (C=O) groups is 1. The third kappa shape index (κ3) is 2.30. The molecule has 1 aromatic carbocycles. The van der Waals surface area contributed by atoms with E-state index >= 15 is 0 Å². The number of hydrogen-bond acceptors (Lipinski definition) is 4. The van der Waals surface area contributed by atoms with E-state index in [0.29, 0.717) is 5.69 Å². The molecule has 2 saturated heterocycles. The first-order valence-electron chi connectivity index (χ1n) is 8.63. The number of fused-ring (bicyclic) bond motifs is 2. The Kier molecular flexibility index (Phi) is 3.93. The highest BCUT2D eigenvalue weighted by Gasteiger charge is 2.56. The monoisotopic (exact) mass is 342 g/mol. The number of carbonyl (C=O) groups excluding carboxylic acids is 1. The molecular weight excluding hydrogens is 320 g/mol. The van der Waals surface area contributed by atoms with Crippen LogP contribution in [0.1, 0.15) is 43.1 Å². The van der Waals surface area contributed by atoms with Gasteiger partial charge in [0.25, 0.3) is 5.91 Å². The maximum Gasteiger partial charge on any atom is 0.273 e. The van der Waals surface area contributed by atoms with Gasteiger partial charge in [-0.25, -0.2) is 4.98 Å². The van der Waals surface area contributed by atoms with Crippen LogP contribution in [0.25, 0.3) is 10.6 Å². The van der Waals surface area contributed by atoms with Gasteiger partial charge >= 0.3 is 0 Å². The molecule has 0 spiro atoms. The van der Waals surface area contributed by atoms with Gasteiger partial charge < -0.3 is 10.0 Å². The number of rotatable bonds is 4. The van der Waals surface area contributed by atoms with Crippen LogP contribution in [0.4, 0.5) is 0 Å². The molecule has 1 amide bonds. The fraction of sp³-hybridized carbons (Fsp3) is 0.474. The lowest BCUT2D eigenvalue weighted by atomic mass is 9.72. The van der Waals surface area contributed by atoms with Gasteiger partial charge in [-0.15, -0.1) is 11.3 Å². The van der Waals surface area contributed by atoms with Crippen molar-refractivity contribution in [2.45, 2.75) is 44.7 Å². The molecule has 2 fully saturated rings. The van der Waals surface area contributed by atoms with Crippen LogP contribution in [0.2, 0.25) is 0 Å². The third-order valence-electron chi connectivity index (χ3n) is 5.85. The normalized spacial score (nSPS) is 28.5. The van der Waals surface area contributed by atoms with Crippen molar-refractivity contribution >= 4 is 17.2 Å². The Morgan fingerprint density at radius 1 is 1.38 bits per heavy atom. The van der Waals surface area contributed by atoms with E-state index in [4.69, 9.17) is 0 Å². The van der Waals surface area contributed by atoms with Gasteiger partial charge in [0.15, 0.2) is 0 Å². The maximum atomic E-state index is 13.1. The van der Waals surface area contributed by atoms with E-state index in [1.807, 2.05) is 40.6 Å². The number of thiazole rings is 1. The molecule has 0 saturated carbocycles. The first-order chi connectivity index (χ1) is 11.7. The SMILES string of the molecule is CC[C@@]1(CO)C[C@@H]2CC[C@H]1N2C(=O)c1csc(-c2ccccc2)n1. The number of aliphatic hydroxyl groups excluding tert-OH is 1. The van der Waals surface area contributed by atoms with Gasteiger partial charge in [-0.1, -0.05) is 37.3 Å². The molecule has 4 nitrogen and oxygen atoms in total. The van der Waals surface area contributed by atoms with E-state index < -0.39 is 0 Å². The van der Waals surface area contributed by atoms with Gasteiger partial charge in [0, 0.05) is 28.4 Å². The summed E-state index contributed by atoms with van der Waals surface area (Å²) in [5.74, 6) is 0.0321. The zero-order valence-electron chi connectivity index (χ0n) is 13.8. The molecule has 3 atom stereocenters. The highest BCUT2D eigenvalue weighted by atomic mass is 32.1. The van der Waals surface area contributed by atoms with E-state index in [9.17, 15) is 9.90 Å².